The third-order valence-electron chi connectivity index (χ3n) is 3.45. The van der Waals surface area contributed by atoms with Crippen molar-refractivity contribution < 1.29 is 0 Å². The van der Waals surface area contributed by atoms with Crippen molar-refractivity contribution in [2.45, 2.75) is 39.3 Å². The molecule has 0 saturated heterocycles. The van der Waals surface area contributed by atoms with E-state index in [4.69, 9.17) is 5.84 Å². The van der Waals surface area contributed by atoms with Crippen molar-refractivity contribution in [1.82, 2.24) is 15.2 Å². The lowest BCUT2D eigenvalue weighted by Gasteiger charge is -2.18. The summed E-state index contributed by atoms with van der Waals surface area (Å²) >= 11 is 0. The molecule has 1 unspecified atom stereocenters. The van der Waals surface area contributed by atoms with Gasteiger partial charge in [0.25, 0.3) is 0 Å². The standard InChI is InChI=1S/C15H22N4/c1-4-19-14(9-10-17-19)15(18-16)13-7-5-12(6-8-13)11(2)3/h5-11,15,18H,4,16H2,1-3H3. The number of aryl methyl sites for hydroxylation is 1. The average Bonchev–Trinajstić information content (AvgIpc) is 2.88. The normalized spacial score (nSPS) is 12.9. The van der Waals surface area contributed by atoms with E-state index in [1.54, 1.807) is 0 Å². The number of nitrogens with one attached hydrogen (secondary N) is 1. The van der Waals surface area contributed by atoms with Gasteiger partial charge in [0.1, 0.15) is 0 Å². The predicted molar refractivity (Wildman–Crippen MR) is 77.6 cm³/mol. The molecule has 0 saturated carbocycles. The molecule has 0 amide bonds. The van der Waals surface area contributed by atoms with Crippen LogP contribution in [-0.4, -0.2) is 9.78 Å². The quantitative estimate of drug-likeness (QED) is 0.640. The second kappa shape index (κ2) is 5.99. The van der Waals surface area contributed by atoms with Gasteiger partial charge in [-0.3, -0.25) is 10.5 Å². The summed E-state index contributed by atoms with van der Waals surface area (Å²) in [7, 11) is 0. The van der Waals surface area contributed by atoms with Crippen molar-refractivity contribution in [3.63, 3.8) is 0 Å². The highest BCUT2D eigenvalue weighted by Crippen LogP contribution is 2.23. The lowest BCUT2D eigenvalue weighted by molar-refractivity contribution is 0.543. The van der Waals surface area contributed by atoms with Crippen molar-refractivity contribution in [3.8, 4) is 0 Å². The monoisotopic (exact) mass is 258 g/mol. The summed E-state index contributed by atoms with van der Waals surface area (Å²) in [6, 6.07) is 10.6. The molecule has 4 heteroatoms. The minimum Gasteiger partial charge on any atom is -0.271 e. The van der Waals surface area contributed by atoms with Gasteiger partial charge in [-0.2, -0.15) is 5.10 Å². The molecule has 2 rings (SSSR count). The highest BCUT2D eigenvalue weighted by atomic mass is 15.3. The number of nitrogens with zero attached hydrogens (tertiary/aromatic N) is 2. The topological polar surface area (TPSA) is 55.9 Å². The molecule has 2 aromatic rings. The van der Waals surface area contributed by atoms with Gasteiger partial charge in [-0.15, -0.1) is 0 Å². The molecule has 1 aromatic heterocycles. The van der Waals surface area contributed by atoms with E-state index in [9.17, 15) is 0 Å². The number of aromatic nitrogens is 2. The molecule has 3 N–H and O–H groups in total. The van der Waals surface area contributed by atoms with E-state index >= 15 is 0 Å². The number of benzene rings is 1. The highest BCUT2D eigenvalue weighted by molar-refractivity contribution is 5.31. The van der Waals surface area contributed by atoms with Crippen molar-refractivity contribution in [1.29, 1.82) is 0 Å². The van der Waals surface area contributed by atoms with Gasteiger partial charge in [0, 0.05) is 12.7 Å². The predicted octanol–water partition coefficient (Wildman–Crippen LogP) is 2.58. The average molecular weight is 258 g/mol. The third-order valence-corrected chi connectivity index (χ3v) is 3.45. The Morgan fingerprint density at radius 2 is 1.79 bits per heavy atom. The van der Waals surface area contributed by atoms with Crippen LogP contribution in [0.5, 0.6) is 0 Å². The van der Waals surface area contributed by atoms with Crippen LogP contribution >= 0.6 is 0 Å². The van der Waals surface area contributed by atoms with Crippen LogP contribution in [0.1, 0.15) is 49.6 Å². The number of hydrogen-bond donors (Lipinski definition) is 2. The van der Waals surface area contributed by atoms with Crippen LogP contribution in [0.15, 0.2) is 36.5 Å². The second-order valence-corrected chi connectivity index (χ2v) is 4.99. The molecule has 0 fully saturated rings. The van der Waals surface area contributed by atoms with E-state index in [-0.39, 0.29) is 6.04 Å². The molecule has 0 radical (unpaired) electrons. The first-order valence-electron chi connectivity index (χ1n) is 6.75. The minimum absolute atomic E-state index is 0.0244. The molecule has 0 aliphatic rings. The first-order chi connectivity index (χ1) is 9.17. The van der Waals surface area contributed by atoms with Gasteiger partial charge in [-0.05, 0) is 30.0 Å². The number of hydrogen-bond acceptors (Lipinski definition) is 3. The van der Waals surface area contributed by atoms with Gasteiger partial charge in [-0.25, -0.2) is 5.43 Å². The Morgan fingerprint density at radius 3 is 2.32 bits per heavy atom. The van der Waals surface area contributed by atoms with Crippen molar-refractivity contribution in [2.75, 3.05) is 0 Å². The molecule has 0 aliphatic heterocycles. The fraction of sp³-hybridized carbons (Fsp3) is 0.400. The van der Waals surface area contributed by atoms with Crippen molar-refractivity contribution in [2.24, 2.45) is 5.84 Å². The first-order valence-corrected chi connectivity index (χ1v) is 6.75. The summed E-state index contributed by atoms with van der Waals surface area (Å²) in [5, 5.41) is 4.30. The largest absolute Gasteiger partial charge is 0.271 e. The van der Waals surface area contributed by atoms with Crippen LogP contribution in [0.2, 0.25) is 0 Å². The van der Waals surface area contributed by atoms with Crippen LogP contribution < -0.4 is 11.3 Å². The molecule has 1 atom stereocenters. The van der Waals surface area contributed by atoms with Gasteiger partial charge in [0.05, 0.1) is 11.7 Å². The number of rotatable bonds is 5. The zero-order valence-corrected chi connectivity index (χ0v) is 11.8. The lowest BCUT2D eigenvalue weighted by Crippen LogP contribution is -2.30. The molecule has 1 aromatic carbocycles. The minimum atomic E-state index is -0.0244. The van der Waals surface area contributed by atoms with E-state index in [1.165, 1.54) is 5.56 Å². The van der Waals surface area contributed by atoms with Crippen LogP contribution in [0, 0.1) is 0 Å². The highest BCUT2D eigenvalue weighted by Gasteiger charge is 2.16. The maximum absolute atomic E-state index is 5.73. The fourth-order valence-corrected chi connectivity index (χ4v) is 2.28. The molecule has 4 nitrogen and oxygen atoms in total. The molecule has 0 bridgehead atoms. The molecule has 102 valence electrons. The Morgan fingerprint density at radius 1 is 1.16 bits per heavy atom. The first kappa shape index (κ1) is 13.8. The van der Waals surface area contributed by atoms with Gasteiger partial charge in [0.2, 0.25) is 0 Å². The summed E-state index contributed by atoms with van der Waals surface area (Å²) in [5.41, 5.74) is 6.46. The van der Waals surface area contributed by atoms with E-state index in [0.29, 0.717) is 5.92 Å². The summed E-state index contributed by atoms with van der Waals surface area (Å²) in [6.07, 6.45) is 1.81. The Hall–Kier alpha value is -1.65. The Bertz CT molecular complexity index is 513. The zero-order valence-electron chi connectivity index (χ0n) is 11.8. The molecular weight excluding hydrogens is 236 g/mol. The van der Waals surface area contributed by atoms with Gasteiger partial charge < -0.3 is 0 Å². The Kier molecular flexibility index (Phi) is 4.35. The maximum atomic E-state index is 5.73. The summed E-state index contributed by atoms with van der Waals surface area (Å²) in [4.78, 5) is 0. The summed E-state index contributed by atoms with van der Waals surface area (Å²) in [5.74, 6) is 6.27. The van der Waals surface area contributed by atoms with Crippen molar-refractivity contribution >= 4 is 0 Å². The van der Waals surface area contributed by atoms with Crippen molar-refractivity contribution in [3.05, 3.63) is 53.3 Å². The molecule has 19 heavy (non-hydrogen) atoms. The smallest absolute Gasteiger partial charge is 0.0878 e. The van der Waals surface area contributed by atoms with Gasteiger partial charge >= 0.3 is 0 Å². The third kappa shape index (κ3) is 2.85. The fourth-order valence-electron chi connectivity index (χ4n) is 2.28. The second-order valence-electron chi connectivity index (χ2n) is 4.99. The number of hydrazine groups is 1. The Balaban J connectivity index is 2.32. The summed E-state index contributed by atoms with van der Waals surface area (Å²) in [6.45, 7) is 7.30. The molecule has 1 heterocycles. The molecule has 0 spiro atoms. The maximum Gasteiger partial charge on any atom is 0.0878 e. The zero-order chi connectivity index (χ0) is 13.8. The molecular formula is C15H22N4. The van der Waals surface area contributed by atoms with Gasteiger partial charge in [0.15, 0.2) is 0 Å². The summed E-state index contributed by atoms with van der Waals surface area (Å²) < 4.78 is 1.96. The number of nitrogens with two attached hydrogens (primary N) is 1. The SMILES string of the molecule is CCn1nccc1C(NN)c1ccc(C(C)C)cc1. The lowest BCUT2D eigenvalue weighted by atomic mass is 9.98. The van der Waals surface area contributed by atoms with Crippen LogP contribution in [-0.2, 0) is 6.54 Å². The van der Waals surface area contributed by atoms with E-state index in [1.807, 2.05) is 16.9 Å². The van der Waals surface area contributed by atoms with Gasteiger partial charge in [-0.1, -0.05) is 38.1 Å². The Labute approximate surface area is 114 Å². The van der Waals surface area contributed by atoms with Crippen LogP contribution in [0.25, 0.3) is 0 Å². The van der Waals surface area contributed by atoms with Crippen LogP contribution in [0.3, 0.4) is 0 Å². The van der Waals surface area contributed by atoms with Crippen LogP contribution in [0.4, 0.5) is 0 Å². The van der Waals surface area contributed by atoms with E-state index < -0.39 is 0 Å². The molecule has 0 aliphatic carbocycles. The van der Waals surface area contributed by atoms with E-state index in [2.05, 4.69) is 55.6 Å². The van der Waals surface area contributed by atoms with E-state index in [0.717, 1.165) is 17.8 Å².